The Kier molecular flexibility index (Phi) is 5.23. The molecule has 1 atom stereocenters. The van der Waals surface area contributed by atoms with Crippen LogP contribution < -0.4 is 9.47 Å². The van der Waals surface area contributed by atoms with Crippen molar-refractivity contribution in [2.45, 2.75) is 25.4 Å². The third-order valence-electron chi connectivity index (χ3n) is 4.43. The van der Waals surface area contributed by atoms with E-state index in [4.69, 9.17) is 9.47 Å². The second-order valence-electron chi connectivity index (χ2n) is 5.87. The van der Waals surface area contributed by atoms with E-state index in [1.807, 2.05) is 6.07 Å². The molecule has 0 aromatic heterocycles. The van der Waals surface area contributed by atoms with E-state index in [2.05, 4.69) is 57.2 Å². The van der Waals surface area contributed by atoms with Gasteiger partial charge in [0.25, 0.3) is 0 Å². The average Bonchev–Trinajstić information content (AvgIpc) is 3.02. The van der Waals surface area contributed by atoms with Crippen LogP contribution in [0.2, 0.25) is 0 Å². The zero-order valence-electron chi connectivity index (χ0n) is 13.6. The first-order valence-electron chi connectivity index (χ1n) is 7.91. The molecule has 1 saturated heterocycles. The van der Waals surface area contributed by atoms with E-state index < -0.39 is 0 Å². The fourth-order valence-corrected chi connectivity index (χ4v) is 3.77. The highest BCUT2D eigenvalue weighted by atomic mass is 79.9. The molecule has 4 heteroatoms. The zero-order chi connectivity index (χ0) is 16.2. The van der Waals surface area contributed by atoms with E-state index in [0.29, 0.717) is 6.04 Å². The van der Waals surface area contributed by atoms with Crippen LogP contribution in [0.1, 0.15) is 30.0 Å². The summed E-state index contributed by atoms with van der Waals surface area (Å²) in [5, 5.41) is 0. The Bertz CT molecular complexity index is 674. The SMILES string of the molecule is COc1ccc([C@@H]2CCCN2Cc2cccc(Br)c2)cc1OC. The lowest BCUT2D eigenvalue weighted by molar-refractivity contribution is 0.247. The van der Waals surface area contributed by atoms with Gasteiger partial charge in [0.05, 0.1) is 14.2 Å². The Morgan fingerprint density at radius 3 is 2.65 bits per heavy atom. The lowest BCUT2D eigenvalue weighted by atomic mass is 10.0. The number of hydrogen-bond acceptors (Lipinski definition) is 3. The van der Waals surface area contributed by atoms with Crippen molar-refractivity contribution in [3.8, 4) is 11.5 Å². The van der Waals surface area contributed by atoms with Gasteiger partial charge in [0.1, 0.15) is 0 Å². The Hall–Kier alpha value is -1.52. The topological polar surface area (TPSA) is 21.7 Å². The van der Waals surface area contributed by atoms with Gasteiger partial charge in [0.15, 0.2) is 11.5 Å². The highest BCUT2D eigenvalue weighted by Gasteiger charge is 2.26. The molecule has 23 heavy (non-hydrogen) atoms. The zero-order valence-corrected chi connectivity index (χ0v) is 15.2. The largest absolute Gasteiger partial charge is 0.493 e. The van der Waals surface area contributed by atoms with E-state index >= 15 is 0 Å². The van der Waals surface area contributed by atoms with Crippen LogP contribution in [-0.4, -0.2) is 25.7 Å². The summed E-state index contributed by atoms with van der Waals surface area (Å²) in [6, 6.07) is 15.3. The molecule has 0 spiro atoms. The summed E-state index contributed by atoms with van der Waals surface area (Å²) in [6.07, 6.45) is 2.41. The summed E-state index contributed by atoms with van der Waals surface area (Å²) in [5.74, 6) is 1.59. The van der Waals surface area contributed by atoms with Gasteiger partial charge in [0.2, 0.25) is 0 Å². The van der Waals surface area contributed by atoms with Crippen LogP contribution in [0.15, 0.2) is 46.9 Å². The normalized spacial score (nSPS) is 18.1. The minimum atomic E-state index is 0.439. The smallest absolute Gasteiger partial charge is 0.161 e. The van der Waals surface area contributed by atoms with Gasteiger partial charge < -0.3 is 9.47 Å². The summed E-state index contributed by atoms with van der Waals surface area (Å²) in [5.41, 5.74) is 2.64. The molecule has 0 aliphatic carbocycles. The van der Waals surface area contributed by atoms with Crippen molar-refractivity contribution >= 4 is 15.9 Å². The van der Waals surface area contributed by atoms with Gasteiger partial charge in [0, 0.05) is 17.1 Å². The molecule has 1 aliphatic rings. The van der Waals surface area contributed by atoms with Gasteiger partial charge in [-0.25, -0.2) is 0 Å². The van der Waals surface area contributed by atoms with E-state index in [9.17, 15) is 0 Å². The van der Waals surface area contributed by atoms with Gasteiger partial charge in [-0.1, -0.05) is 34.1 Å². The quantitative estimate of drug-likeness (QED) is 0.748. The van der Waals surface area contributed by atoms with Crippen molar-refractivity contribution < 1.29 is 9.47 Å². The summed E-state index contributed by atoms with van der Waals surface area (Å²) < 4.78 is 11.9. The molecular formula is C19H22BrNO2. The molecule has 0 radical (unpaired) electrons. The number of halogens is 1. The number of ether oxygens (including phenoxy) is 2. The van der Waals surface area contributed by atoms with Crippen LogP contribution >= 0.6 is 15.9 Å². The second-order valence-corrected chi connectivity index (χ2v) is 6.79. The molecule has 2 aromatic carbocycles. The number of rotatable bonds is 5. The van der Waals surface area contributed by atoms with Gasteiger partial charge >= 0.3 is 0 Å². The number of nitrogens with zero attached hydrogens (tertiary/aromatic N) is 1. The fourth-order valence-electron chi connectivity index (χ4n) is 3.32. The van der Waals surface area contributed by atoms with E-state index in [1.165, 1.54) is 24.0 Å². The van der Waals surface area contributed by atoms with Gasteiger partial charge in [-0.15, -0.1) is 0 Å². The van der Waals surface area contributed by atoms with Crippen LogP contribution in [0, 0.1) is 0 Å². The van der Waals surface area contributed by atoms with Crippen LogP contribution in [0.4, 0.5) is 0 Å². The fraction of sp³-hybridized carbons (Fsp3) is 0.368. The Balaban J connectivity index is 1.81. The van der Waals surface area contributed by atoms with Crippen LogP contribution in [0.25, 0.3) is 0 Å². The molecule has 0 bridgehead atoms. The van der Waals surface area contributed by atoms with E-state index in [1.54, 1.807) is 14.2 Å². The number of likely N-dealkylation sites (tertiary alicyclic amines) is 1. The van der Waals surface area contributed by atoms with Crippen molar-refractivity contribution in [3.05, 3.63) is 58.1 Å². The number of benzene rings is 2. The Morgan fingerprint density at radius 2 is 1.91 bits per heavy atom. The van der Waals surface area contributed by atoms with Crippen molar-refractivity contribution in [1.29, 1.82) is 0 Å². The van der Waals surface area contributed by atoms with Crippen molar-refractivity contribution in [2.75, 3.05) is 20.8 Å². The minimum Gasteiger partial charge on any atom is -0.493 e. The molecule has 1 aliphatic heterocycles. The third-order valence-corrected chi connectivity index (χ3v) is 4.92. The molecular weight excluding hydrogens is 354 g/mol. The van der Waals surface area contributed by atoms with Crippen molar-refractivity contribution in [3.63, 3.8) is 0 Å². The lowest BCUT2D eigenvalue weighted by Crippen LogP contribution is -2.22. The van der Waals surface area contributed by atoms with E-state index in [0.717, 1.165) is 29.1 Å². The maximum atomic E-state index is 5.46. The van der Waals surface area contributed by atoms with Crippen LogP contribution in [-0.2, 0) is 6.54 Å². The first kappa shape index (κ1) is 16.3. The van der Waals surface area contributed by atoms with Gasteiger partial charge in [-0.2, -0.15) is 0 Å². The molecule has 2 aromatic rings. The average molecular weight is 376 g/mol. The second kappa shape index (κ2) is 7.37. The summed E-state index contributed by atoms with van der Waals surface area (Å²) in [4.78, 5) is 2.54. The maximum Gasteiger partial charge on any atom is 0.161 e. The molecule has 0 N–H and O–H groups in total. The molecule has 122 valence electrons. The monoisotopic (exact) mass is 375 g/mol. The highest BCUT2D eigenvalue weighted by Crippen LogP contribution is 2.37. The number of methoxy groups -OCH3 is 2. The molecule has 0 amide bonds. The van der Waals surface area contributed by atoms with Crippen LogP contribution in [0.5, 0.6) is 11.5 Å². The molecule has 1 heterocycles. The molecule has 0 saturated carbocycles. The summed E-state index contributed by atoms with van der Waals surface area (Å²) in [6.45, 7) is 2.10. The molecule has 3 rings (SSSR count). The Labute approximate surface area is 146 Å². The summed E-state index contributed by atoms with van der Waals surface area (Å²) in [7, 11) is 3.36. The standard InChI is InChI=1S/C19H22BrNO2/c1-22-18-9-8-15(12-19(18)23-2)17-7-4-10-21(17)13-14-5-3-6-16(20)11-14/h3,5-6,8-9,11-12,17H,4,7,10,13H2,1-2H3/t17-/m0/s1. The van der Waals surface area contributed by atoms with E-state index in [-0.39, 0.29) is 0 Å². The molecule has 0 unspecified atom stereocenters. The number of hydrogen-bond donors (Lipinski definition) is 0. The van der Waals surface area contributed by atoms with Crippen LogP contribution in [0.3, 0.4) is 0 Å². The third kappa shape index (κ3) is 3.70. The highest BCUT2D eigenvalue weighted by molar-refractivity contribution is 9.10. The van der Waals surface area contributed by atoms with Gasteiger partial charge in [-0.05, 0) is 54.8 Å². The van der Waals surface area contributed by atoms with Crippen molar-refractivity contribution in [2.24, 2.45) is 0 Å². The Morgan fingerprint density at radius 1 is 1.09 bits per heavy atom. The maximum absolute atomic E-state index is 5.46. The first-order chi connectivity index (χ1) is 11.2. The first-order valence-corrected chi connectivity index (χ1v) is 8.71. The molecule has 3 nitrogen and oxygen atoms in total. The van der Waals surface area contributed by atoms with Crippen molar-refractivity contribution in [1.82, 2.24) is 4.90 Å². The van der Waals surface area contributed by atoms with Gasteiger partial charge in [-0.3, -0.25) is 4.90 Å². The predicted octanol–water partition coefficient (Wildman–Crippen LogP) is 4.80. The predicted molar refractivity (Wildman–Crippen MR) is 96.1 cm³/mol. The lowest BCUT2D eigenvalue weighted by Gasteiger charge is -2.25. The summed E-state index contributed by atoms with van der Waals surface area (Å²) >= 11 is 3.56. The minimum absolute atomic E-state index is 0.439. The molecule has 1 fully saturated rings.